The molecule has 0 aliphatic carbocycles. The zero-order valence-electron chi connectivity index (χ0n) is 17.9. The van der Waals surface area contributed by atoms with Crippen molar-refractivity contribution in [3.05, 3.63) is 87.1 Å². The Labute approximate surface area is 196 Å². The Balaban J connectivity index is 1.74. The summed E-state index contributed by atoms with van der Waals surface area (Å²) in [6.45, 7) is 3.04. The summed E-state index contributed by atoms with van der Waals surface area (Å²) in [4.78, 5) is 28.9. The molecule has 34 heavy (non-hydrogen) atoms. The molecule has 0 bridgehead atoms. The standard InChI is InChI=1S/C23H17ClF3N5O2/c1-10-21(11(2)32(31-10)9-14-16(25)4-3-5-17(14)26)30-23(34)13-7-20(22(28)33)29-19-8-18(27)15(24)6-12(13)19/h3-8H,9H2,1-2H3,(H2,28,33)(H,30,34). The fourth-order valence-electron chi connectivity index (χ4n) is 3.58. The van der Waals surface area contributed by atoms with E-state index in [0.29, 0.717) is 17.1 Å². The Kier molecular flexibility index (Phi) is 6.01. The van der Waals surface area contributed by atoms with Crippen LogP contribution in [0.1, 0.15) is 37.8 Å². The first-order valence-corrected chi connectivity index (χ1v) is 10.3. The first-order chi connectivity index (χ1) is 16.1. The molecule has 2 aromatic carbocycles. The first-order valence-electron chi connectivity index (χ1n) is 9.94. The van der Waals surface area contributed by atoms with Gasteiger partial charge in [0.2, 0.25) is 0 Å². The average Bonchev–Trinajstić information content (AvgIpc) is 3.03. The number of primary amides is 1. The van der Waals surface area contributed by atoms with E-state index in [1.54, 1.807) is 13.8 Å². The number of halogens is 4. The fraction of sp³-hybridized carbons (Fsp3) is 0.130. The van der Waals surface area contributed by atoms with Crippen molar-refractivity contribution < 1.29 is 22.8 Å². The van der Waals surface area contributed by atoms with Crippen LogP contribution >= 0.6 is 11.6 Å². The van der Waals surface area contributed by atoms with Crippen molar-refractivity contribution in [3.63, 3.8) is 0 Å². The smallest absolute Gasteiger partial charge is 0.267 e. The molecule has 0 fully saturated rings. The predicted octanol–water partition coefficient (Wildman–Crippen LogP) is 4.52. The van der Waals surface area contributed by atoms with Crippen molar-refractivity contribution in [2.45, 2.75) is 20.4 Å². The van der Waals surface area contributed by atoms with E-state index in [-0.39, 0.29) is 39.3 Å². The Morgan fingerprint density at radius 1 is 1.09 bits per heavy atom. The van der Waals surface area contributed by atoms with Gasteiger partial charge in [0.05, 0.1) is 39.7 Å². The third-order valence-electron chi connectivity index (χ3n) is 5.34. The summed E-state index contributed by atoms with van der Waals surface area (Å²) in [5.74, 6) is -3.78. The number of rotatable bonds is 5. The summed E-state index contributed by atoms with van der Waals surface area (Å²) in [7, 11) is 0. The number of carbonyl (C=O) groups excluding carboxylic acids is 2. The Bertz CT molecular complexity index is 1470. The van der Waals surface area contributed by atoms with E-state index in [0.717, 1.165) is 18.2 Å². The summed E-state index contributed by atoms with van der Waals surface area (Å²) in [5, 5.41) is 6.94. The second kappa shape index (κ2) is 8.79. The van der Waals surface area contributed by atoms with E-state index >= 15 is 0 Å². The van der Waals surface area contributed by atoms with Crippen LogP contribution in [0.5, 0.6) is 0 Å². The molecule has 4 rings (SSSR count). The molecule has 7 nitrogen and oxygen atoms in total. The number of benzene rings is 2. The first kappa shape index (κ1) is 23.2. The van der Waals surface area contributed by atoms with E-state index in [4.69, 9.17) is 17.3 Å². The number of fused-ring (bicyclic) bond motifs is 1. The van der Waals surface area contributed by atoms with Gasteiger partial charge in [-0.25, -0.2) is 18.2 Å². The third kappa shape index (κ3) is 4.19. The molecule has 0 aliphatic rings. The molecular weight excluding hydrogens is 471 g/mol. The molecule has 0 radical (unpaired) electrons. The molecule has 0 spiro atoms. The predicted molar refractivity (Wildman–Crippen MR) is 120 cm³/mol. The van der Waals surface area contributed by atoms with Gasteiger partial charge in [-0.1, -0.05) is 17.7 Å². The van der Waals surface area contributed by atoms with Gasteiger partial charge in [-0.2, -0.15) is 5.10 Å². The lowest BCUT2D eigenvalue weighted by atomic mass is 10.1. The molecule has 2 aromatic heterocycles. The van der Waals surface area contributed by atoms with Gasteiger partial charge in [0.15, 0.2) is 0 Å². The Morgan fingerprint density at radius 3 is 2.41 bits per heavy atom. The summed E-state index contributed by atoms with van der Waals surface area (Å²) < 4.78 is 43.5. The van der Waals surface area contributed by atoms with Gasteiger partial charge >= 0.3 is 0 Å². The van der Waals surface area contributed by atoms with Crippen molar-refractivity contribution >= 4 is 40.0 Å². The minimum Gasteiger partial charge on any atom is -0.364 e. The minimum absolute atomic E-state index is 0.0162. The molecule has 2 heterocycles. The van der Waals surface area contributed by atoms with Crippen LogP contribution in [0.2, 0.25) is 5.02 Å². The number of nitrogens with two attached hydrogens (primary N) is 1. The van der Waals surface area contributed by atoms with Crippen molar-refractivity contribution in [2.24, 2.45) is 5.73 Å². The van der Waals surface area contributed by atoms with Crippen LogP contribution in [0.25, 0.3) is 10.9 Å². The van der Waals surface area contributed by atoms with Gasteiger partial charge in [-0.3, -0.25) is 14.3 Å². The van der Waals surface area contributed by atoms with Gasteiger partial charge in [-0.15, -0.1) is 0 Å². The number of carbonyl (C=O) groups is 2. The Morgan fingerprint density at radius 2 is 1.76 bits per heavy atom. The molecule has 4 aromatic rings. The fourth-order valence-corrected chi connectivity index (χ4v) is 3.74. The molecule has 0 atom stereocenters. The SMILES string of the molecule is Cc1nn(Cc2c(F)cccc2F)c(C)c1NC(=O)c1cc(C(N)=O)nc2cc(F)c(Cl)cc12. The highest BCUT2D eigenvalue weighted by Gasteiger charge is 2.21. The number of hydrogen-bond donors (Lipinski definition) is 2. The van der Waals surface area contributed by atoms with Crippen LogP contribution in [-0.4, -0.2) is 26.6 Å². The topological polar surface area (TPSA) is 103 Å². The van der Waals surface area contributed by atoms with Crippen LogP contribution < -0.4 is 11.1 Å². The van der Waals surface area contributed by atoms with E-state index in [1.165, 1.54) is 22.9 Å². The number of aromatic nitrogens is 3. The molecule has 0 aliphatic heterocycles. The normalized spacial score (nSPS) is 11.1. The molecule has 0 saturated heterocycles. The van der Waals surface area contributed by atoms with E-state index in [2.05, 4.69) is 15.4 Å². The van der Waals surface area contributed by atoms with E-state index < -0.39 is 29.3 Å². The largest absolute Gasteiger partial charge is 0.364 e. The molecule has 0 saturated carbocycles. The summed E-state index contributed by atoms with van der Waals surface area (Å²) in [5.41, 5.74) is 6.03. The van der Waals surface area contributed by atoms with Gasteiger partial charge in [0.1, 0.15) is 23.1 Å². The van der Waals surface area contributed by atoms with Crippen molar-refractivity contribution in [2.75, 3.05) is 5.32 Å². The quantitative estimate of drug-likeness (QED) is 0.432. The van der Waals surface area contributed by atoms with Gasteiger partial charge < -0.3 is 11.1 Å². The zero-order chi connectivity index (χ0) is 24.7. The van der Waals surface area contributed by atoms with Gasteiger partial charge in [-0.05, 0) is 38.1 Å². The second-order valence-electron chi connectivity index (χ2n) is 7.56. The molecule has 0 unspecified atom stereocenters. The van der Waals surface area contributed by atoms with Crippen molar-refractivity contribution in [1.29, 1.82) is 0 Å². The van der Waals surface area contributed by atoms with Gasteiger partial charge in [0.25, 0.3) is 11.8 Å². The highest BCUT2D eigenvalue weighted by atomic mass is 35.5. The van der Waals surface area contributed by atoms with E-state index in [9.17, 15) is 22.8 Å². The Hall–Kier alpha value is -3.92. The monoisotopic (exact) mass is 487 g/mol. The number of pyridine rings is 1. The molecular formula is C23H17ClF3N5O2. The maximum atomic E-state index is 14.1. The maximum Gasteiger partial charge on any atom is 0.267 e. The molecule has 11 heteroatoms. The zero-order valence-corrected chi connectivity index (χ0v) is 18.7. The second-order valence-corrected chi connectivity index (χ2v) is 7.97. The molecule has 3 N–H and O–H groups in total. The number of amides is 2. The highest BCUT2D eigenvalue weighted by Crippen LogP contribution is 2.28. The average molecular weight is 488 g/mol. The minimum atomic E-state index is -0.904. The van der Waals surface area contributed by atoms with Crippen LogP contribution in [0, 0.1) is 31.3 Å². The highest BCUT2D eigenvalue weighted by molar-refractivity contribution is 6.31. The third-order valence-corrected chi connectivity index (χ3v) is 5.63. The van der Waals surface area contributed by atoms with Crippen LogP contribution in [-0.2, 0) is 6.54 Å². The van der Waals surface area contributed by atoms with Crippen LogP contribution in [0.15, 0.2) is 36.4 Å². The number of anilines is 1. The number of hydrogen-bond acceptors (Lipinski definition) is 4. The lowest BCUT2D eigenvalue weighted by Crippen LogP contribution is -2.18. The number of nitrogens with one attached hydrogen (secondary N) is 1. The van der Waals surface area contributed by atoms with Crippen LogP contribution in [0.3, 0.4) is 0 Å². The lowest BCUT2D eigenvalue weighted by Gasteiger charge is -2.11. The van der Waals surface area contributed by atoms with E-state index in [1.807, 2.05) is 0 Å². The number of aryl methyl sites for hydroxylation is 1. The number of nitrogens with zero attached hydrogens (tertiary/aromatic N) is 3. The molecule has 2 amide bonds. The summed E-state index contributed by atoms with van der Waals surface area (Å²) >= 11 is 5.88. The summed E-state index contributed by atoms with van der Waals surface area (Å²) in [6, 6.07) is 6.95. The lowest BCUT2D eigenvalue weighted by molar-refractivity contribution is 0.0996. The van der Waals surface area contributed by atoms with Crippen molar-refractivity contribution in [1.82, 2.24) is 14.8 Å². The van der Waals surface area contributed by atoms with Crippen molar-refractivity contribution in [3.8, 4) is 0 Å². The summed E-state index contributed by atoms with van der Waals surface area (Å²) in [6.07, 6.45) is 0. The maximum absolute atomic E-state index is 14.1. The molecule has 174 valence electrons. The van der Waals surface area contributed by atoms with Crippen LogP contribution in [0.4, 0.5) is 18.9 Å². The van der Waals surface area contributed by atoms with Gasteiger partial charge in [0, 0.05) is 17.0 Å².